The first-order valence-electron chi connectivity index (χ1n) is 13.9. The Morgan fingerprint density at radius 2 is 1.44 bits per heavy atom. The molecule has 3 aromatic rings. The Hall–Kier alpha value is -3.53. The number of carbonyl (C=O) groups is 2. The van der Waals surface area contributed by atoms with Crippen molar-refractivity contribution in [3.05, 3.63) is 90.0 Å². The highest BCUT2D eigenvalue weighted by Gasteiger charge is 2.34. The molecule has 3 aromatic carbocycles. The molecule has 41 heavy (non-hydrogen) atoms. The maximum Gasteiger partial charge on any atom is 0.303 e. The van der Waals surface area contributed by atoms with Crippen LogP contribution in [0, 0.1) is 5.92 Å². The highest BCUT2D eigenvalue weighted by molar-refractivity contribution is 7.89. The summed E-state index contributed by atoms with van der Waals surface area (Å²) in [5, 5.41) is 22.5. The van der Waals surface area contributed by atoms with Crippen molar-refractivity contribution in [1.82, 2.24) is 10.0 Å². The van der Waals surface area contributed by atoms with Crippen molar-refractivity contribution < 1.29 is 28.2 Å². The summed E-state index contributed by atoms with van der Waals surface area (Å²) < 4.78 is 29.0. The zero-order chi connectivity index (χ0) is 29.6. The minimum atomic E-state index is -3.73. The number of carboxylic acids is 1. The Morgan fingerprint density at radius 1 is 0.878 bits per heavy atom. The quantitative estimate of drug-likeness (QED) is 0.258. The molecule has 1 atom stereocenters. The zero-order valence-corrected chi connectivity index (χ0v) is 24.2. The summed E-state index contributed by atoms with van der Waals surface area (Å²) in [6.45, 7) is 3.34. The molecule has 0 unspecified atom stereocenters. The van der Waals surface area contributed by atoms with Crippen LogP contribution in [0.4, 0.5) is 0 Å². The average Bonchev–Trinajstić information content (AvgIpc) is 2.95. The van der Waals surface area contributed by atoms with Crippen molar-refractivity contribution in [2.75, 3.05) is 0 Å². The molecule has 0 aromatic heterocycles. The molecule has 4 rings (SSSR count). The largest absolute Gasteiger partial charge is 0.481 e. The van der Waals surface area contributed by atoms with Crippen LogP contribution < -0.4 is 10.0 Å². The summed E-state index contributed by atoms with van der Waals surface area (Å²) in [5.41, 5.74) is 2.38. The number of sulfonamides is 1. The van der Waals surface area contributed by atoms with Gasteiger partial charge < -0.3 is 15.5 Å². The van der Waals surface area contributed by atoms with Gasteiger partial charge in [-0.05, 0) is 80.3 Å². The van der Waals surface area contributed by atoms with Crippen molar-refractivity contribution >= 4 is 21.9 Å². The molecule has 218 valence electrons. The molecule has 4 N–H and O–H groups in total. The van der Waals surface area contributed by atoms with Gasteiger partial charge in [-0.15, -0.1) is 0 Å². The fourth-order valence-electron chi connectivity index (χ4n) is 5.28. The zero-order valence-electron chi connectivity index (χ0n) is 23.4. The fourth-order valence-corrected chi connectivity index (χ4v) is 6.58. The van der Waals surface area contributed by atoms with E-state index in [9.17, 15) is 23.1 Å². The normalized spacial score (nSPS) is 18.4. The maximum atomic E-state index is 13.1. The molecule has 0 radical (unpaired) electrons. The lowest BCUT2D eigenvalue weighted by Gasteiger charge is -2.34. The van der Waals surface area contributed by atoms with Gasteiger partial charge in [0.05, 0.1) is 16.5 Å². The minimum absolute atomic E-state index is 0.0739. The van der Waals surface area contributed by atoms with E-state index in [4.69, 9.17) is 5.11 Å². The molecule has 1 amide bonds. The summed E-state index contributed by atoms with van der Waals surface area (Å²) in [6, 6.07) is 22.8. The van der Waals surface area contributed by atoms with Crippen molar-refractivity contribution in [2.45, 2.75) is 75.0 Å². The molecule has 0 aliphatic heterocycles. The number of carboxylic acid groups (broad SMARTS) is 1. The minimum Gasteiger partial charge on any atom is -0.481 e. The second kappa shape index (κ2) is 13.0. The van der Waals surface area contributed by atoms with E-state index in [1.54, 1.807) is 38.1 Å². The van der Waals surface area contributed by atoms with Gasteiger partial charge in [0, 0.05) is 18.4 Å². The predicted octanol–water partition coefficient (Wildman–Crippen LogP) is 4.84. The van der Waals surface area contributed by atoms with E-state index >= 15 is 0 Å². The molecular formula is C32H38N2O6S. The van der Waals surface area contributed by atoms with Gasteiger partial charge in [0.15, 0.2) is 0 Å². The van der Waals surface area contributed by atoms with E-state index in [1.165, 1.54) is 0 Å². The Bertz CT molecular complexity index is 1420. The Morgan fingerprint density at radius 3 is 1.98 bits per heavy atom. The van der Waals surface area contributed by atoms with Crippen LogP contribution in [0.1, 0.15) is 63.1 Å². The van der Waals surface area contributed by atoms with Crippen molar-refractivity contribution in [3.8, 4) is 11.1 Å². The van der Waals surface area contributed by atoms with Crippen LogP contribution in [0.15, 0.2) is 83.8 Å². The molecule has 1 aliphatic rings. The van der Waals surface area contributed by atoms with Gasteiger partial charge in [-0.1, -0.05) is 66.7 Å². The number of nitrogens with one attached hydrogen (secondary N) is 2. The van der Waals surface area contributed by atoms with Crippen LogP contribution in [0.2, 0.25) is 0 Å². The molecular weight excluding hydrogens is 540 g/mol. The van der Waals surface area contributed by atoms with Crippen molar-refractivity contribution in [2.24, 2.45) is 5.92 Å². The van der Waals surface area contributed by atoms with Crippen LogP contribution in [-0.4, -0.2) is 42.2 Å². The van der Waals surface area contributed by atoms with Gasteiger partial charge in [-0.2, -0.15) is 0 Å². The highest BCUT2D eigenvalue weighted by Crippen LogP contribution is 2.30. The van der Waals surface area contributed by atoms with Crippen LogP contribution in [-0.2, 0) is 26.0 Å². The topological polar surface area (TPSA) is 133 Å². The monoisotopic (exact) mass is 578 g/mol. The summed E-state index contributed by atoms with van der Waals surface area (Å²) >= 11 is 0. The van der Waals surface area contributed by atoms with Crippen molar-refractivity contribution in [1.29, 1.82) is 0 Å². The van der Waals surface area contributed by atoms with E-state index in [-0.39, 0.29) is 29.2 Å². The fraction of sp³-hybridized carbons (Fsp3) is 0.375. The SMILES string of the molecule is CC(C)(O)[C@@H](NC(=O)C1CCC(NS(=O)(=O)c2ccc(-c3ccc(CCC(=O)O)cc3)cc2)CC1)c1ccccc1. The van der Waals surface area contributed by atoms with Gasteiger partial charge in [0.25, 0.3) is 0 Å². The number of rotatable bonds is 11. The summed E-state index contributed by atoms with van der Waals surface area (Å²) in [6.07, 6.45) is 2.72. The number of benzene rings is 3. The lowest BCUT2D eigenvalue weighted by Crippen LogP contribution is -2.46. The number of aliphatic hydroxyl groups is 1. The van der Waals surface area contributed by atoms with Crippen LogP contribution in [0.5, 0.6) is 0 Å². The molecule has 1 aliphatic carbocycles. The second-order valence-electron chi connectivity index (χ2n) is 11.3. The van der Waals surface area contributed by atoms with E-state index in [0.29, 0.717) is 32.1 Å². The molecule has 1 saturated carbocycles. The highest BCUT2D eigenvalue weighted by atomic mass is 32.2. The summed E-state index contributed by atoms with van der Waals surface area (Å²) in [4.78, 5) is 24.0. The van der Waals surface area contributed by atoms with Gasteiger partial charge in [0.1, 0.15) is 0 Å². The van der Waals surface area contributed by atoms with E-state index in [1.807, 2.05) is 54.6 Å². The smallest absolute Gasteiger partial charge is 0.303 e. The number of carbonyl (C=O) groups excluding carboxylic acids is 1. The molecule has 0 spiro atoms. The van der Waals surface area contributed by atoms with E-state index < -0.39 is 27.6 Å². The molecule has 0 bridgehead atoms. The lowest BCUT2D eigenvalue weighted by atomic mass is 9.84. The third-order valence-corrected chi connectivity index (χ3v) is 9.16. The first-order valence-corrected chi connectivity index (χ1v) is 15.4. The molecule has 0 saturated heterocycles. The lowest BCUT2D eigenvalue weighted by molar-refractivity contribution is -0.137. The number of amides is 1. The number of aryl methyl sites for hydroxylation is 1. The first-order chi connectivity index (χ1) is 19.4. The van der Waals surface area contributed by atoms with Crippen LogP contribution in [0.25, 0.3) is 11.1 Å². The van der Waals surface area contributed by atoms with Crippen LogP contribution >= 0.6 is 0 Å². The maximum absolute atomic E-state index is 13.1. The van der Waals surface area contributed by atoms with Gasteiger partial charge >= 0.3 is 5.97 Å². The Kier molecular flexibility index (Phi) is 9.63. The number of aliphatic carboxylic acids is 1. The Balaban J connectivity index is 1.31. The average molecular weight is 579 g/mol. The second-order valence-corrected chi connectivity index (χ2v) is 13.0. The third kappa shape index (κ3) is 8.25. The van der Waals surface area contributed by atoms with Gasteiger partial charge in [-0.3, -0.25) is 9.59 Å². The van der Waals surface area contributed by atoms with Gasteiger partial charge in [-0.25, -0.2) is 13.1 Å². The number of hydrogen-bond acceptors (Lipinski definition) is 5. The molecule has 1 fully saturated rings. The molecule has 9 heteroatoms. The molecule has 8 nitrogen and oxygen atoms in total. The molecule has 0 heterocycles. The number of hydrogen-bond donors (Lipinski definition) is 4. The van der Waals surface area contributed by atoms with Crippen molar-refractivity contribution in [3.63, 3.8) is 0 Å². The first kappa shape index (κ1) is 30.4. The Labute approximate surface area is 241 Å². The predicted molar refractivity (Wildman–Crippen MR) is 158 cm³/mol. The summed E-state index contributed by atoms with van der Waals surface area (Å²) in [5.74, 6) is -1.22. The third-order valence-electron chi connectivity index (χ3n) is 7.63. The standard InChI is InChI=1S/C32H38N2O6S/c1-32(2,38)30(25-6-4-3-5-7-25)33-31(37)26-13-17-27(18-14-26)34-41(39,40)28-19-15-24(16-20-28)23-11-8-22(9-12-23)10-21-29(35)36/h3-9,11-12,15-16,19-20,26-27,30,34,38H,10,13-14,17-18,21H2,1-2H3,(H,33,37)(H,35,36)/t26?,27?,30-/m0/s1. The van der Waals surface area contributed by atoms with Crippen LogP contribution in [0.3, 0.4) is 0 Å². The summed E-state index contributed by atoms with van der Waals surface area (Å²) in [7, 11) is -3.73. The van der Waals surface area contributed by atoms with E-state index in [2.05, 4.69) is 10.0 Å². The van der Waals surface area contributed by atoms with Gasteiger partial charge in [0.2, 0.25) is 15.9 Å². The van der Waals surface area contributed by atoms with E-state index in [0.717, 1.165) is 22.3 Å².